The molecule has 0 spiro atoms. The Balaban J connectivity index is 3.17. The summed E-state index contributed by atoms with van der Waals surface area (Å²) in [4.78, 5) is 25.0. The molecular weight excluding hydrogens is 682 g/mol. The molecule has 0 aromatic carbocycles. The third-order valence-electron chi connectivity index (χ3n) is 6.85. The number of carbonyl (C=O) groups excluding carboxylic acids is 2. The lowest BCUT2D eigenvalue weighted by molar-refractivity contribution is -0.145. The van der Waals surface area contributed by atoms with Crippen LogP contribution in [0.3, 0.4) is 0 Å². The zero-order valence-corrected chi connectivity index (χ0v) is 33.2. The molecule has 0 atom stereocenters. The molecule has 15 nitrogen and oxygen atoms in total. The van der Waals surface area contributed by atoms with Crippen molar-refractivity contribution in [3.63, 3.8) is 0 Å². The minimum Gasteiger partial charge on any atom is -0.463 e. The van der Waals surface area contributed by atoms with Crippen LogP contribution in [0, 0.1) is 0 Å². The van der Waals surface area contributed by atoms with Gasteiger partial charge in [0, 0.05) is 20.0 Å². The Kier molecular flexibility index (Phi) is 37.8. The summed E-state index contributed by atoms with van der Waals surface area (Å²) in [7, 11) is 1.68. The fourth-order valence-corrected chi connectivity index (χ4v) is 4.05. The molecule has 0 heterocycles. The summed E-state index contributed by atoms with van der Waals surface area (Å²) in [5, 5.41) is 0. The fourth-order valence-electron chi connectivity index (χ4n) is 4.05. The second-order valence-corrected chi connectivity index (χ2v) is 12.8. The van der Waals surface area contributed by atoms with Crippen LogP contribution in [-0.4, -0.2) is 175 Å². The predicted octanol–water partition coefficient (Wildman–Crippen LogP) is 4.31. The van der Waals surface area contributed by atoms with Gasteiger partial charge in [0.1, 0.15) is 12.2 Å². The van der Waals surface area contributed by atoms with Crippen LogP contribution < -0.4 is 0 Å². The average molecular weight is 756 g/mol. The summed E-state index contributed by atoms with van der Waals surface area (Å²) in [5.41, 5.74) is -0.513. The first-order valence-corrected chi connectivity index (χ1v) is 19.1. The molecule has 52 heavy (non-hydrogen) atoms. The second kappa shape index (κ2) is 39.0. The number of hydrogen-bond acceptors (Lipinski definition) is 14. The van der Waals surface area contributed by atoms with Crippen molar-refractivity contribution < 1.29 is 66.4 Å². The Hall–Kier alpha value is -1.66. The lowest BCUT2D eigenvalue weighted by Crippen LogP contribution is -2.36. The highest BCUT2D eigenvalue weighted by Gasteiger charge is 2.19. The van der Waals surface area contributed by atoms with E-state index in [0.717, 1.165) is 12.8 Å². The smallest absolute Gasteiger partial charge is 0.410 e. The standard InChI is InChI=1S/C37H73NO14/c1-6-7-8-9-10-11-12-35(39)51-34-33-50-32-31-49-30-29-48-28-27-47-26-25-46-24-23-45-22-21-44-20-19-43-18-17-42-16-15-41-14-13-38(5)36(40)52-37(2,3)4/h6-34H2,1-5H3. The van der Waals surface area contributed by atoms with Gasteiger partial charge in [0.15, 0.2) is 0 Å². The van der Waals surface area contributed by atoms with Crippen molar-refractivity contribution in [2.75, 3.05) is 152 Å². The van der Waals surface area contributed by atoms with Crippen LogP contribution in [0.25, 0.3) is 0 Å². The molecule has 0 saturated heterocycles. The molecule has 0 aromatic heterocycles. The van der Waals surface area contributed by atoms with Crippen LogP contribution in [0.15, 0.2) is 0 Å². The normalized spacial score (nSPS) is 11.6. The number of carbonyl (C=O) groups is 2. The molecular formula is C37H73NO14. The number of amides is 1. The van der Waals surface area contributed by atoms with E-state index in [2.05, 4.69) is 6.92 Å². The van der Waals surface area contributed by atoms with Crippen molar-refractivity contribution >= 4 is 12.1 Å². The zero-order chi connectivity index (χ0) is 38.2. The lowest BCUT2D eigenvalue weighted by atomic mass is 10.1. The molecule has 0 aliphatic heterocycles. The molecule has 310 valence electrons. The Morgan fingerprint density at radius 1 is 0.442 bits per heavy atom. The van der Waals surface area contributed by atoms with E-state index in [-0.39, 0.29) is 18.7 Å². The van der Waals surface area contributed by atoms with Crippen molar-refractivity contribution in [2.24, 2.45) is 0 Å². The van der Waals surface area contributed by atoms with Gasteiger partial charge in [-0.05, 0) is 27.2 Å². The number of nitrogens with zero attached hydrogens (tertiary/aromatic N) is 1. The molecule has 0 N–H and O–H groups in total. The van der Waals surface area contributed by atoms with E-state index in [0.29, 0.717) is 145 Å². The highest BCUT2D eigenvalue weighted by molar-refractivity contribution is 5.69. The van der Waals surface area contributed by atoms with E-state index in [4.69, 9.17) is 56.8 Å². The monoisotopic (exact) mass is 756 g/mol. The molecule has 0 rings (SSSR count). The van der Waals surface area contributed by atoms with Crippen molar-refractivity contribution in [3.8, 4) is 0 Å². The van der Waals surface area contributed by atoms with Crippen LogP contribution in [0.5, 0.6) is 0 Å². The van der Waals surface area contributed by atoms with E-state index in [9.17, 15) is 9.59 Å². The number of unbranched alkanes of at least 4 members (excludes halogenated alkanes) is 5. The van der Waals surface area contributed by atoms with Gasteiger partial charge in [-0.15, -0.1) is 0 Å². The van der Waals surface area contributed by atoms with Gasteiger partial charge >= 0.3 is 12.1 Å². The molecule has 0 aliphatic carbocycles. The largest absolute Gasteiger partial charge is 0.463 e. The van der Waals surface area contributed by atoms with Crippen LogP contribution >= 0.6 is 0 Å². The van der Waals surface area contributed by atoms with E-state index in [1.165, 1.54) is 30.6 Å². The Morgan fingerprint density at radius 2 is 0.750 bits per heavy atom. The van der Waals surface area contributed by atoms with E-state index >= 15 is 0 Å². The molecule has 1 amide bonds. The summed E-state index contributed by atoms with van der Waals surface area (Å²) >= 11 is 0. The maximum Gasteiger partial charge on any atom is 0.410 e. The summed E-state index contributed by atoms with van der Waals surface area (Å²) in [6, 6.07) is 0. The Bertz CT molecular complexity index is 771. The van der Waals surface area contributed by atoms with Crippen molar-refractivity contribution in [2.45, 2.75) is 78.2 Å². The molecule has 0 aliphatic rings. The van der Waals surface area contributed by atoms with Gasteiger partial charge < -0.3 is 61.7 Å². The average Bonchev–Trinajstić information content (AvgIpc) is 3.10. The Labute approximate surface area is 313 Å². The van der Waals surface area contributed by atoms with Gasteiger partial charge in [-0.2, -0.15) is 0 Å². The van der Waals surface area contributed by atoms with Gasteiger partial charge in [0.05, 0.1) is 132 Å². The number of hydrogen-bond donors (Lipinski definition) is 0. The SMILES string of the molecule is CCCCCCCCC(=O)OCCOCCOCCOCCOCCOCCOCCOCCOCCOCCOCCN(C)C(=O)OC(C)(C)C. The molecule has 0 fully saturated rings. The van der Waals surface area contributed by atoms with Gasteiger partial charge in [-0.25, -0.2) is 4.79 Å². The number of ether oxygens (including phenoxy) is 12. The third kappa shape index (κ3) is 41.1. The molecule has 15 heteroatoms. The van der Waals surface area contributed by atoms with Gasteiger partial charge in [0.2, 0.25) is 0 Å². The first kappa shape index (κ1) is 50.3. The quantitative estimate of drug-likeness (QED) is 0.0646. The van der Waals surface area contributed by atoms with Crippen LogP contribution in [0.1, 0.15) is 72.6 Å². The van der Waals surface area contributed by atoms with Crippen LogP contribution in [-0.2, 0) is 61.6 Å². The van der Waals surface area contributed by atoms with Crippen LogP contribution in [0.4, 0.5) is 4.79 Å². The number of esters is 1. The van der Waals surface area contributed by atoms with Gasteiger partial charge in [-0.3, -0.25) is 4.79 Å². The molecule has 0 radical (unpaired) electrons. The molecule has 0 saturated carbocycles. The number of likely N-dealkylation sites (N-methyl/N-ethyl adjacent to an activating group) is 1. The topological polar surface area (TPSA) is 148 Å². The second-order valence-electron chi connectivity index (χ2n) is 12.8. The summed E-state index contributed by atoms with van der Waals surface area (Å²) in [6.45, 7) is 17.8. The van der Waals surface area contributed by atoms with Crippen molar-refractivity contribution in [3.05, 3.63) is 0 Å². The van der Waals surface area contributed by atoms with Gasteiger partial charge in [-0.1, -0.05) is 39.0 Å². The highest BCUT2D eigenvalue weighted by Crippen LogP contribution is 2.09. The molecule has 0 aromatic rings. The Morgan fingerprint density at radius 3 is 1.10 bits per heavy atom. The first-order chi connectivity index (χ1) is 25.3. The summed E-state index contributed by atoms with van der Waals surface area (Å²) in [5.74, 6) is -0.147. The van der Waals surface area contributed by atoms with E-state index in [1.807, 2.05) is 20.8 Å². The van der Waals surface area contributed by atoms with Gasteiger partial charge in [0.25, 0.3) is 0 Å². The first-order valence-electron chi connectivity index (χ1n) is 19.1. The van der Waals surface area contributed by atoms with Crippen molar-refractivity contribution in [1.82, 2.24) is 4.90 Å². The maximum absolute atomic E-state index is 11.9. The fraction of sp³-hybridized carbons (Fsp3) is 0.946. The third-order valence-corrected chi connectivity index (χ3v) is 6.85. The molecule has 0 bridgehead atoms. The number of rotatable bonds is 40. The molecule has 0 unspecified atom stereocenters. The van der Waals surface area contributed by atoms with E-state index < -0.39 is 5.60 Å². The van der Waals surface area contributed by atoms with E-state index in [1.54, 1.807) is 7.05 Å². The zero-order valence-electron chi connectivity index (χ0n) is 33.2. The summed E-state index contributed by atoms with van der Waals surface area (Å²) < 4.78 is 65.2. The summed E-state index contributed by atoms with van der Waals surface area (Å²) in [6.07, 6.45) is 7.03. The van der Waals surface area contributed by atoms with Crippen molar-refractivity contribution in [1.29, 1.82) is 0 Å². The highest BCUT2D eigenvalue weighted by atomic mass is 16.6. The lowest BCUT2D eigenvalue weighted by Gasteiger charge is -2.24. The minimum atomic E-state index is -0.513. The van der Waals surface area contributed by atoms with Crippen LogP contribution in [0.2, 0.25) is 0 Å². The maximum atomic E-state index is 11.9. The predicted molar refractivity (Wildman–Crippen MR) is 196 cm³/mol. The minimum absolute atomic E-state index is 0.147.